The van der Waals surface area contributed by atoms with Gasteiger partial charge in [0.05, 0.1) is 10.8 Å². The molecule has 0 aliphatic rings. The average Bonchev–Trinajstić information content (AvgIpc) is 3.02. The third kappa shape index (κ3) is 2.43. The van der Waals surface area contributed by atoms with Gasteiger partial charge in [0.15, 0.2) is 5.58 Å². The highest BCUT2D eigenvalue weighted by Gasteiger charge is 2.10. The zero-order valence-electron chi connectivity index (χ0n) is 9.59. The summed E-state index contributed by atoms with van der Waals surface area (Å²) in [5, 5.41) is 14.9. The van der Waals surface area contributed by atoms with Gasteiger partial charge in [0, 0.05) is 0 Å². The van der Waals surface area contributed by atoms with E-state index in [0.717, 1.165) is 11.1 Å². The van der Waals surface area contributed by atoms with Crippen molar-refractivity contribution in [2.24, 2.45) is 0 Å². The molecule has 0 N–H and O–H groups in total. The molecule has 0 saturated carbocycles. The molecule has 2 aromatic heterocycles. The summed E-state index contributed by atoms with van der Waals surface area (Å²) in [6, 6.07) is 7.46. The first-order valence-electron chi connectivity index (χ1n) is 5.37. The van der Waals surface area contributed by atoms with Crippen molar-refractivity contribution >= 4 is 28.5 Å². The van der Waals surface area contributed by atoms with E-state index in [2.05, 4.69) is 10.1 Å². The molecule has 0 unspecified atom stereocenters. The van der Waals surface area contributed by atoms with Crippen LogP contribution in [0.2, 0.25) is 0 Å². The van der Waals surface area contributed by atoms with Crippen LogP contribution in [0, 0.1) is 10.1 Å². The van der Waals surface area contributed by atoms with Gasteiger partial charge in [-0.25, -0.2) is 4.98 Å². The minimum absolute atomic E-state index is 0.0295. The average molecular weight is 276 g/mol. The van der Waals surface area contributed by atoms with Crippen molar-refractivity contribution in [2.75, 3.05) is 0 Å². The van der Waals surface area contributed by atoms with E-state index in [1.165, 1.54) is 28.8 Å². The van der Waals surface area contributed by atoms with Gasteiger partial charge < -0.3 is 4.42 Å². The standard InChI is InChI=1S/C11H8N4O3S/c16-15(17)8-5-12-14(6-8)7-19-11-13-9-3-1-2-4-10(9)18-11/h1-6H,7H2. The number of hydrogen-bond acceptors (Lipinski definition) is 6. The number of nitrogens with zero attached hydrogens (tertiary/aromatic N) is 4. The van der Waals surface area contributed by atoms with Gasteiger partial charge in [-0.05, 0) is 23.9 Å². The van der Waals surface area contributed by atoms with Crippen LogP contribution in [0.4, 0.5) is 5.69 Å². The van der Waals surface area contributed by atoms with E-state index in [9.17, 15) is 10.1 Å². The van der Waals surface area contributed by atoms with Crippen molar-refractivity contribution < 1.29 is 9.34 Å². The van der Waals surface area contributed by atoms with E-state index in [0.29, 0.717) is 11.1 Å². The maximum absolute atomic E-state index is 10.5. The summed E-state index contributed by atoms with van der Waals surface area (Å²) in [5.41, 5.74) is 1.48. The summed E-state index contributed by atoms with van der Waals surface area (Å²) in [7, 11) is 0. The van der Waals surface area contributed by atoms with E-state index in [1.807, 2.05) is 24.3 Å². The number of benzene rings is 1. The maximum atomic E-state index is 10.5. The molecule has 0 aliphatic carbocycles. The first-order valence-corrected chi connectivity index (χ1v) is 6.36. The molecular weight excluding hydrogens is 268 g/mol. The molecule has 1 aromatic carbocycles. The molecule has 0 spiro atoms. The molecule has 8 heteroatoms. The fraction of sp³-hybridized carbons (Fsp3) is 0.0909. The Hall–Kier alpha value is -2.35. The number of oxazole rings is 1. The molecule has 0 atom stereocenters. The van der Waals surface area contributed by atoms with Crippen LogP contribution in [0.3, 0.4) is 0 Å². The van der Waals surface area contributed by atoms with Crippen molar-refractivity contribution in [2.45, 2.75) is 11.1 Å². The van der Waals surface area contributed by atoms with Gasteiger partial charge in [0.1, 0.15) is 17.9 Å². The topological polar surface area (TPSA) is 87.0 Å². The Morgan fingerprint density at radius 2 is 2.26 bits per heavy atom. The largest absolute Gasteiger partial charge is 0.431 e. The number of nitro groups is 1. The quantitative estimate of drug-likeness (QED) is 0.413. The Morgan fingerprint density at radius 1 is 1.42 bits per heavy atom. The Kier molecular flexibility index (Phi) is 2.92. The minimum atomic E-state index is -0.479. The third-order valence-electron chi connectivity index (χ3n) is 2.42. The molecule has 0 fully saturated rings. The van der Waals surface area contributed by atoms with Crippen molar-refractivity contribution in [1.82, 2.24) is 14.8 Å². The van der Waals surface area contributed by atoms with E-state index in [4.69, 9.17) is 4.42 Å². The minimum Gasteiger partial charge on any atom is -0.431 e. The van der Waals surface area contributed by atoms with Crippen LogP contribution in [-0.4, -0.2) is 19.7 Å². The van der Waals surface area contributed by atoms with Crippen molar-refractivity contribution in [3.8, 4) is 0 Å². The number of para-hydroxylation sites is 2. The van der Waals surface area contributed by atoms with Gasteiger partial charge in [-0.1, -0.05) is 12.1 Å². The van der Waals surface area contributed by atoms with Crippen LogP contribution in [0.25, 0.3) is 11.1 Å². The first-order chi connectivity index (χ1) is 9.22. The Bertz CT molecular complexity index is 703. The van der Waals surface area contributed by atoms with Crippen molar-refractivity contribution in [1.29, 1.82) is 0 Å². The monoisotopic (exact) mass is 276 g/mol. The summed E-state index contributed by atoms with van der Waals surface area (Å²) >= 11 is 1.32. The highest BCUT2D eigenvalue weighted by atomic mass is 32.2. The number of thioether (sulfide) groups is 1. The van der Waals surface area contributed by atoms with Crippen LogP contribution in [0.1, 0.15) is 0 Å². The lowest BCUT2D eigenvalue weighted by Crippen LogP contribution is -1.94. The van der Waals surface area contributed by atoms with Crippen LogP contribution in [0.15, 0.2) is 46.3 Å². The lowest BCUT2D eigenvalue weighted by molar-refractivity contribution is -0.385. The fourth-order valence-electron chi connectivity index (χ4n) is 1.55. The third-order valence-corrected chi connectivity index (χ3v) is 3.24. The number of rotatable bonds is 4. The van der Waals surface area contributed by atoms with Crippen LogP contribution >= 0.6 is 11.8 Å². The van der Waals surface area contributed by atoms with Crippen molar-refractivity contribution in [3.63, 3.8) is 0 Å². The molecular formula is C11H8N4O3S. The molecule has 0 bridgehead atoms. The maximum Gasteiger partial charge on any atom is 0.307 e. The summed E-state index contributed by atoms with van der Waals surface area (Å²) in [6.45, 7) is 0. The molecule has 3 aromatic rings. The van der Waals surface area contributed by atoms with Crippen LogP contribution in [-0.2, 0) is 5.88 Å². The van der Waals surface area contributed by atoms with E-state index in [-0.39, 0.29) is 5.69 Å². The zero-order valence-corrected chi connectivity index (χ0v) is 10.4. The van der Waals surface area contributed by atoms with Crippen molar-refractivity contribution in [3.05, 3.63) is 46.8 Å². The number of fused-ring (bicyclic) bond motifs is 1. The summed E-state index contributed by atoms with van der Waals surface area (Å²) in [4.78, 5) is 14.3. The lowest BCUT2D eigenvalue weighted by atomic mass is 10.3. The van der Waals surface area contributed by atoms with Gasteiger partial charge >= 0.3 is 5.69 Å². The molecule has 19 heavy (non-hydrogen) atoms. The zero-order chi connectivity index (χ0) is 13.2. The van der Waals surface area contributed by atoms with Gasteiger partial charge in [0.2, 0.25) is 0 Å². The second-order valence-corrected chi connectivity index (χ2v) is 4.61. The highest BCUT2D eigenvalue weighted by molar-refractivity contribution is 7.98. The Labute approximate surface area is 111 Å². The molecule has 0 amide bonds. The Balaban J connectivity index is 1.72. The summed E-state index contributed by atoms with van der Waals surface area (Å²) < 4.78 is 6.99. The number of aromatic nitrogens is 3. The molecule has 0 saturated heterocycles. The molecule has 3 rings (SSSR count). The Morgan fingerprint density at radius 3 is 3.00 bits per heavy atom. The second kappa shape index (κ2) is 4.73. The lowest BCUT2D eigenvalue weighted by Gasteiger charge is -1.95. The molecule has 0 aliphatic heterocycles. The van der Waals surface area contributed by atoms with Gasteiger partial charge in [-0.15, -0.1) is 0 Å². The highest BCUT2D eigenvalue weighted by Crippen LogP contribution is 2.24. The normalized spacial score (nSPS) is 10.9. The fourth-order valence-corrected chi connectivity index (χ4v) is 2.25. The number of hydrogen-bond donors (Lipinski definition) is 0. The van der Waals surface area contributed by atoms with Gasteiger partial charge in [-0.3, -0.25) is 14.8 Å². The SMILES string of the molecule is O=[N+]([O-])c1cnn(CSc2nc3ccccc3o2)c1. The van der Waals surface area contributed by atoms with E-state index >= 15 is 0 Å². The van der Waals surface area contributed by atoms with Gasteiger partial charge in [-0.2, -0.15) is 5.10 Å². The predicted octanol–water partition coefficient (Wildman–Crippen LogP) is 2.68. The summed E-state index contributed by atoms with van der Waals surface area (Å²) in [5.74, 6) is 0.403. The van der Waals surface area contributed by atoms with Crippen LogP contribution in [0.5, 0.6) is 0 Å². The molecule has 7 nitrogen and oxygen atoms in total. The first kappa shape index (κ1) is 11.7. The van der Waals surface area contributed by atoms with E-state index < -0.39 is 4.92 Å². The van der Waals surface area contributed by atoms with E-state index in [1.54, 1.807) is 0 Å². The van der Waals surface area contributed by atoms with Crippen LogP contribution < -0.4 is 0 Å². The molecule has 0 radical (unpaired) electrons. The van der Waals surface area contributed by atoms with Gasteiger partial charge in [0.25, 0.3) is 5.22 Å². The molecule has 2 heterocycles. The second-order valence-electron chi connectivity index (χ2n) is 3.72. The smallest absolute Gasteiger partial charge is 0.307 e. The predicted molar refractivity (Wildman–Crippen MR) is 68.7 cm³/mol. The molecule has 96 valence electrons. The summed E-state index contributed by atoms with van der Waals surface area (Å²) in [6.07, 6.45) is 2.59.